The summed E-state index contributed by atoms with van der Waals surface area (Å²) in [6.07, 6.45) is 0. The summed E-state index contributed by atoms with van der Waals surface area (Å²) < 4.78 is 2.22. The second-order valence-electron chi connectivity index (χ2n) is 4.59. The van der Waals surface area contributed by atoms with E-state index in [4.69, 9.17) is 0 Å². The Labute approximate surface area is 101 Å². The van der Waals surface area contributed by atoms with Crippen LogP contribution in [0, 0.1) is 13.8 Å². The van der Waals surface area contributed by atoms with Crippen LogP contribution >= 0.6 is 0 Å². The summed E-state index contributed by atoms with van der Waals surface area (Å²) in [7, 11) is 0. The van der Waals surface area contributed by atoms with Gasteiger partial charge < -0.3 is 9.88 Å². The van der Waals surface area contributed by atoms with Crippen molar-refractivity contribution < 1.29 is 0 Å². The Balaban J connectivity index is 2.15. The fourth-order valence-electron chi connectivity index (χ4n) is 2.27. The lowest BCUT2D eigenvalue weighted by molar-refractivity contribution is 0.508. The van der Waals surface area contributed by atoms with E-state index in [9.17, 15) is 0 Å². The Morgan fingerprint density at radius 1 is 1.24 bits per heavy atom. The van der Waals surface area contributed by atoms with Crippen molar-refractivity contribution in [2.24, 2.45) is 0 Å². The molecule has 0 aliphatic carbocycles. The molecule has 0 unspecified atom stereocenters. The summed E-state index contributed by atoms with van der Waals surface area (Å²) in [5.41, 5.74) is 3.71. The van der Waals surface area contributed by atoms with E-state index in [1.165, 1.54) is 16.7 Å². The molecule has 1 aliphatic rings. The van der Waals surface area contributed by atoms with E-state index < -0.39 is 0 Å². The molecule has 1 aliphatic heterocycles. The van der Waals surface area contributed by atoms with E-state index in [0.717, 1.165) is 31.3 Å². The molecule has 4 heteroatoms. The predicted molar refractivity (Wildman–Crippen MR) is 66.6 cm³/mol. The molecule has 0 saturated carbocycles. The minimum absolute atomic E-state index is 0.817. The van der Waals surface area contributed by atoms with E-state index in [2.05, 4.69) is 52.1 Å². The highest BCUT2D eigenvalue weighted by atomic mass is 15.3. The number of fused-ring (bicyclic) bond motifs is 1. The van der Waals surface area contributed by atoms with Gasteiger partial charge in [-0.25, -0.2) is 0 Å². The van der Waals surface area contributed by atoms with Crippen molar-refractivity contribution in [3.8, 4) is 11.4 Å². The van der Waals surface area contributed by atoms with Crippen LogP contribution in [0.15, 0.2) is 18.2 Å². The molecule has 1 aromatic heterocycles. The Hall–Kier alpha value is -1.68. The van der Waals surface area contributed by atoms with Gasteiger partial charge in [0, 0.05) is 18.7 Å². The molecule has 0 spiro atoms. The van der Waals surface area contributed by atoms with Crippen molar-refractivity contribution in [2.75, 3.05) is 6.54 Å². The molecule has 2 aromatic rings. The molecule has 4 nitrogen and oxygen atoms in total. The minimum atomic E-state index is 0.817. The number of aryl methyl sites for hydroxylation is 2. The molecule has 0 bridgehead atoms. The van der Waals surface area contributed by atoms with Crippen LogP contribution < -0.4 is 5.32 Å². The van der Waals surface area contributed by atoms with Crippen LogP contribution in [0.5, 0.6) is 0 Å². The zero-order chi connectivity index (χ0) is 11.8. The Morgan fingerprint density at radius 3 is 3.00 bits per heavy atom. The fraction of sp³-hybridized carbons (Fsp3) is 0.385. The fourth-order valence-corrected chi connectivity index (χ4v) is 2.27. The lowest BCUT2D eigenvalue weighted by Gasteiger charge is -2.16. The van der Waals surface area contributed by atoms with Gasteiger partial charge in [-0.15, -0.1) is 10.2 Å². The highest BCUT2D eigenvalue weighted by Crippen LogP contribution is 2.24. The van der Waals surface area contributed by atoms with Gasteiger partial charge >= 0.3 is 0 Å². The summed E-state index contributed by atoms with van der Waals surface area (Å²) in [5.74, 6) is 2.04. The van der Waals surface area contributed by atoms with Gasteiger partial charge in [-0.3, -0.25) is 0 Å². The Kier molecular flexibility index (Phi) is 2.44. The maximum Gasteiger partial charge on any atom is 0.164 e. The van der Waals surface area contributed by atoms with Crippen molar-refractivity contribution in [1.29, 1.82) is 0 Å². The van der Waals surface area contributed by atoms with Crippen LogP contribution in [0.2, 0.25) is 0 Å². The van der Waals surface area contributed by atoms with Crippen molar-refractivity contribution in [2.45, 2.75) is 26.9 Å². The average molecular weight is 228 g/mol. The molecule has 88 valence electrons. The zero-order valence-electron chi connectivity index (χ0n) is 10.2. The van der Waals surface area contributed by atoms with Gasteiger partial charge in [-0.2, -0.15) is 0 Å². The highest BCUT2D eigenvalue weighted by Gasteiger charge is 2.17. The van der Waals surface area contributed by atoms with Crippen molar-refractivity contribution >= 4 is 0 Å². The third-order valence-corrected chi connectivity index (χ3v) is 3.26. The molecule has 0 fully saturated rings. The molecule has 0 saturated heterocycles. The van der Waals surface area contributed by atoms with Crippen molar-refractivity contribution in [3.63, 3.8) is 0 Å². The van der Waals surface area contributed by atoms with Crippen LogP contribution in [0.3, 0.4) is 0 Å². The number of aromatic nitrogens is 3. The molecule has 17 heavy (non-hydrogen) atoms. The van der Waals surface area contributed by atoms with E-state index in [1.54, 1.807) is 0 Å². The van der Waals surface area contributed by atoms with Gasteiger partial charge in [0.05, 0.1) is 6.54 Å². The molecule has 1 N–H and O–H groups in total. The number of nitrogens with zero attached hydrogens (tertiary/aromatic N) is 3. The summed E-state index contributed by atoms with van der Waals surface area (Å²) in [4.78, 5) is 0. The standard InChI is InChI=1S/C13H16N4/c1-9-3-4-10(2)11(7-9)13-16-15-12-8-14-5-6-17(12)13/h3-4,7,14H,5-6,8H2,1-2H3. The van der Waals surface area contributed by atoms with E-state index in [0.29, 0.717) is 0 Å². The van der Waals surface area contributed by atoms with Crippen LogP contribution in [-0.2, 0) is 13.1 Å². The molecular weight excluding hydrogens is 212 g/mol. The first kappa shape index (κ1) is 10.5. The minimum Gasteiger partial charge on any atom is -0.309 e. The molecule has 0 atom stereocenters. The number of hydrogen-bond donors (Lipinski definition) is 1. The van der Waals surface area contributed by atoms with E-state index >= 15 is 0 Å². The largest absolute Gasteiger partial charge is 0.309 e. The third-order valence-electron chi connectivity index (χ3n) is 3.26. The number of nitrogens with one attached hydrogen (secondary N) is 1. The van der Waals surface area contributed by atoms with Gasteiger partial charge in [0.1, 0.15) is 5.82 Å². The number of benzene rings is 1. The topological polar surface area (TPSA) is 42.7 Å². The van der Waals surface area contributed by atoms with Crippen molar-refractivity contribution in [1.82, 2.24) is 20.1 Å². The molecular formula is C13H16N4. The lowest BCUT2D eigenvalue weighted by Crippen LogP contribution is -2.28. The third kappa shape index (κ3) is 1.74. The Bertz CT molecular complexity index is 557. The summed E-state index contributed by atoms with van der Waals surface area (Å²) in [6, 6.07) is 6.47. The van der Waals surface area contributed by atoms with E-state index in [-0.39, 0.29) is 0 Å². The first-order chi connectivity index (χ1) is 8.25. The van der Waals surface area contributed by atoms with Gasteiger partial charge in [0.15, 0.2) is 5.82 Å². The summed E-state index contributed by atoms with van der Waals surface area (Å²) >= 11 is 0. The van der Waals surface area contributed by atoms with E-state index in [1.807, 2.05) is 0 Å². The lowest BCUT2D eigenvalue weighted by atomic mass is 10.1. The first-order valence-electron chi connectivity index (χ1n) is 5.96. The molecule has 0 amide bonds. The highest BCUT2D eigenvalue weighted by molar-refractivity contribution is 5.61. The predicted octanol–water partition coefficient (Wildman–Crippen LogP) is 1.67. The van der Waals surface area contributed by atoms with Crippen LogP contribution in [0.1, 0.15) is 17.0 Å². The second kappa shape index (κ2) is 3.96. The molecule has 3 rings (SSSR count). The molecule has 2 heterocycles. The maximum atomic E-state index is 4.34. The average Bonchev–Trinajstić information content (AvgIpc) is 2.76. The normalized spacial score (nSPS) is 14.7. The molecule has 0 radical (unpaired) electrons. The van der Waals surface area contributed by atoms with Gasteiger partial charge in [-0.05, 0) is 25.5 Å². The van der Waals surface area contributed by atoms with Gasteiger partial charge in [0.2, 0.25) is 0 Å². The number of rotatable bonds is 1. The van der Waals surface area contributed by atoms with Crippen LogP contribution in [0.25, 0.3) is 11.4 Å². The first-order valence-corrected chi connectivity index (χ1v) is 5.96. The monoisotopic (exact) mass is 228 g/mol. The van der Waals surface area contributed by atoms with Crippen molar-refractivity contribution in [3.05, 3.63) is 35.2 Å². The van der Waals surface area contributed by atoms with Gasteiger partial charge in [0.25, 0.3) is 0 Å². The quantitative estimate of drug-likeness (QED) is 0.807. The zero-order valence-corrected chi connectivity index (χ0v) is 10.2. The summed E-state index contributed by atoms with van der Waals surface area (Å²) in [6.45, 7) is 6.99. The van der Waals surface area contributed by atoms with Crippen LogP contribution in [0.4, 0.5) is 0 Å². The van der Waals surface area contributed by atoms with Gasteiger partial charge in [-0.1, -0.05) is 17.7 Å². The second-order valence-corrected chi connectivity index (χ2v) is 4.59. The summed E-state index contributed by atoms with van der Waals surface area (Å²) in [5, 5.41) is 11.9. The smallest absolute Gasteiger partial charge is 0.164 e. The molecule has 1 aromatic carbocycles. The SMILES string of the molecule is Cc1ccc(C)c(-c2nnc3n2CCNC3)c1. The number of hydrogen-bond acceptors (Lipinski definition) is 3. The Morgan fingerprint density at radius 2 is 2.12 bits per heavy atom. The maximum absolute atomic E-state index is 4.34. The van der Waals surface area contributed by atoms with Crippen LogP contribution in [-0.4, -0.2) is 21.3 Å².